The van der Waals surface area contributed by atoms with E-state index < -0.39 is 5.25 Å². The van der Waals surface area contributed by atoms with E-state index in [1.807, 2.05) is 31.2 Å². The first kappa shape index (κ1) is 17.2. The molecule has 0 fully saturated rings. The van der Waals surface area contributed by atoms with Gasteiger partial charge >= 0.3 is 0 Å². The summed E-state index contributed by atoms with van der Waals surface area (Å²) in [5.74, 6) is -0.177. The average Bonchev–Trinajstić information content (AvgIpc) is 3.05. The number of anilines is 1. The molecule has 1 amide bonds. The van der Waals surface area contributed by atoms with Gasteiger partial charge in [-0.1, -0.05) is 42.1 Å². The van der Waals surface area contributed by atoms with Gasteiger partial charge in [-0.3, -0.25) is 9.89 Å². The summed E-state index contributed by atoms with van der Waals surface area (Å²) in [4.78, 5) is 16.6. The Labute approximate surface area is 149 Å². The molecule has 7 heteroatoms. The maximum absolute atomic E-state index is 13.8. The Morgan fingerprint density at radius 3 is 2.68 bits per heavy atom. The van der Waals surface area contributed by atoms with Crippen molar-refractivity contribution in [1.82, 2.24) is 15.2 Å². The molecule has 0 bridgehead atoms. The molecular formula is C18H17FN4OS. The number of H-pyrrole nitrogens is 1. The van der Waals surface area contributed by atoms with Gasteiger partial charge in [0.2, 0.25) is 11.1 Å². The molecule has 0 aliphatic heterocycles. The minimum absolute atomic E-state index is 0.142. The van der Waals surface area contributed by atoms with E-state index in [1.54, 1.807) is 25.1 Å². The van der Waals surface area contributed by atoms with Gasteiger partial charge in [0.05, 0.1) is 10.8 Å². The topological polar surface area (TPSA) is 70.7 Å². The van der Waals surface area contributed by atoms with Crippen molar-refractivity contribution in [2.45, 2.75) is 24.3 Å². The highest BCUT2D eigenvalue weighted by atomic mass is 32.2. The van der Waals surface area contributed by atoms with Gasteiger partial charge in [0.1, 0.15) is 5.82 Å². The number of halogens is 1. The number of nitrogens with zero attached hydrogens (tertiary/aromatic N) is 2. The first-order chi connectivity index (χ1) is 12.0. The molecule has 128 valence electrons. The number of rotatable bonds is 5. The molecule has 0 saturated carbocycles. The van der Waals surface area contributed by atoms with Gasteiger partial charge in [0.25, 0.3) is 0 Å². The number of nitrogens with one attached hydrogen (secondary N) is 2. The molecule has 2 N–H and O–H groups in total. The highest BCUT2D eigenvalue weighted by Gasteiger charge is 2.18. The second-order valence-corrected chi connectivity index (χ2v) is 6.82. The first-order valence-electron chi connectivity index (χ1n) is 7.75. The fraction of sp³-hybridized carbons (Fsp3) is 0.167. The van der Waals surface area contributed by atoms with Crippen LogP contribution < -0.4 is 5.32 Å². The summed E-state index contributed by atoms with van der Waals surface area (Å²) in [5.41, 5.74) is 2.12. The SMILES string of the molecule is Cc1ccccc1NC(=O)C(C)Sc1n[nH]c(-c2ccccc2F)n1. The lowest BCUT2D eigenvalue weighted by atomic mass is 10.2. The van der Waals surface area contributed by atoms with Crippen LogP contribution in [-0.4, -0.2) is 26.3 Å². The van der Waals surface area contributed by atoms with Crippen LogP contribution in [0.4, 0.5) is 10.1 Å². The number of amides is 1. The van der Waals surface area contributed by atoms with Crippen LogP contribution in [0.1, 0.15) is 12.5 Å². The number of aromatic amines is 1. The standard InChI is InChI=1S/C18H17FN4OS/c1-11-7-3-6-10-15(11)20-17(24)12(2)25-18-21-16(22-23-18)13-8-4-5-9-14(13)19/h3-10,12H,1-2H3,(H,20,24)(H,21,22,23). The number of para-hydroxylation sites is 1. The van der Waals surface area contributed by atoms with E-state index in [0.717, 1.165) is 11.3 Å². The van der Waals surface area contributed by atoms with Crippen LogP contribution >= 0.6 is 11.8 Å². The molecule has 0 aliphatic carbocycles. The summed E-state index contributed by atoms with van der Waals surface area (Å²) >= 11 is 1.21. The third kappa shape index (κ3) is 4.06. The summed E-state index contributed by atoms with van der Waals surface area (Å²) in [7, 11) is 0. The number of aromatic nitrogens is 3. The zero-order valence-electron chi connectivity index (χ0n) is 13.8. The van der Waals surface area contributed by atoms with Gasteiger partial charge in [-0.15, -0.1) is 5.10 Å². The third-order valence-electron chi connectivity index (χ3n) is 3.65. The Bertz CT molecular complexity index is 896. The molecule has 2 aromatic carbocycles. The van der Waals surface area contributed by atoms with Crippen LogP contribution in [0.5, 0.6) is 0 Å². The zero-order chi connectivity index (χ0) is 17.8. The molecule has 25 heavy (non-hydrogen) atoms. The quantitative estimate of drug-likeness (QED) is 0.677. The molecule has 3 rings (SSSR count). The Morgan fingerprint density at radius 2 is 1.92 bits per heavy atom. The van der Waals surface area contributed by atoms with Crippen molar-refractivity contribution in [3.8, 4) is 11.4 Å². The zero-order valence-corrected chi connectivity index (χ0v) is 14.6. The Hall–Kier alpha value is -2.67. The average molecular weight is 356 g/mol. The molecule has 0 radical (unpaired) electrons. The van der Waals surface area contributed by atoms with E-state index in [-0.39, 0.29) is 11.7 Å². The van der Waals surface area contributed by atoms with Crippen molar-refractivity contribution >= 4 is 23.4 Å². The van der Waals surface area contributed by atoms with Gasteiger partial charge < -0.3 is 5.32 Å². The number of thioether (sulfide) groups is 1. The van der Waals surface area contributed by atoms with Crippen molar-refractivity contribution in [2.75, 3.05) is 5.32 Å². The Balaban J connectivity index is 1.67. The van der Waals surface area contributed by atoms with Gasteiger partial charge in [0.15, 0.2) is 5.82 Å². The van der Waals surface area contributed by atoms with E-state index in [9.17, 15) is 9.18 Å². The predicted molar refractivity (Wildman–Crippen MR) is 96.9 cm³/mol. The normalized spacial score (nSPS) is 12.0. The molecule has 1 unspecified atom stereocenters. The van der Waals surface area contributed by atoms with Crippen LogP contribution in [-0.2, 0) is 4.79 Å². The van der Waals surface area contributed by atoms with Crippen molar-refractivity contribution in [3.63, 3.8) is 0 Å². The number of aryl methyl sites for hydroxylation is 1. The summed E-state index contributed by atoms with van der Waals surface area (Å²) in [5, 5.41) is 9.66. The smallest absolute Gasteiger partial charge is 0.237 e. The molecule has 3 aromatic rings. The van der Waals surface area contributed by atoms with E-state index in [1.165, 1.54) is 17.8 Å². The molecule has 0 saturated heterocycles. The van der Waals surface area contributed by atoms with Gasteiger partial charge in [-0.2, -0.15) is 0 Å². The summed E-state index contributed by atoms with van der Waals surface area (Å²) in [6.07, 6.45) is 0. The van der Waals surface area contributed by atoms with Crippen molar-refractivity contribution < 1.29 is 9.18 Å². The maximum atomic E-state index is 13.8. The minimum atomic E-state index is -0.399. The summed E-state index contributed by atoms with van der Waals surface area (Å²) < 4.78 is 13.8. The van der Waals surface area contributed by atoms with Gasteiger partial charge in [-0.25, -0.2) is 9.37 Å². The molecule has 1 heterocycles. The van der Waals surface area contributed by atoms with E-state index in [2.05, 4.69) is 20.5 Å². The maximum Gasteiger partial charge on any atom is 0.237 e. The molecular weight excluding hydrogens is 339 g/mol. The van der Waals surface area contributed by atoms with Gasteiger partial charge in [-0.05, 0) is 37.6 Å². The van der Waals surface area contributed by atoms with E-state index >= 15 is 0 Å². The van der Waals surface area contributed by atoms with Crippen LogP contribution in [0, 0.1) is 12.7 Å². The van der Waals surface area contributed by atoms with Crippen LogP contribution in [0.15, 0.2) is 53.7 Å². The first-order valence-corrected chi connectivity index (χ1v) is 8.63. The highest BCUT2D eigenvalue weighted by Crippen LogP contribution is 2.25. The molecule has 5 nitrogen and oxygen atoms in total. The monoisotopic (exact) mass is 356 g/mol. The number of benzene rings is 2. The fourth-order valence-corrected chi connectivity index (χ4v) is 2.96. The number of hydrogen-bond donors (Lipinski definition) is 2. The van der Waals surface area contributed by atoms with E-state index in [4.69, 9.17) is 0 Å². The predicted octanol–water partition coefficient (Wildman–Crippen LogP) is 4.04. The van der Waals surface area contributed by atoms with E-state index in [0.29, 0.717) is 16.5 Å². The lowest BCUT2D eigenvalue weighted by Crippen LogP contribution is -2.22. The fourth-order valence-electron chi connectivity index (χ4n) is 2.23. The summed E-state index contributed by atoms with van der Waals surface area (Å²) in [6, 6.07) is 13.9. The molecule has 1 aromatic heterocycles. The molecule has 0 aliphatic rings. The summed E-state index contributed by atoms with van der Waals surface area (Å²) in [6.45, 7) is 3.71. The van der Waals surface area contributed by atoms with Crippen LogP contribution in [0.25, 0.3) is 11.4 Å². The Kier molecular flexibility index (Phi) is 5.14. The van der Waals surface area contributed by atoms with Crippen LogP contribution in [0.3, 0.4) is 0 Å². The minimum Gasteiger partial charge on any atom is -0.325 e. The number of carbonyl (C=O) groups excluding carboxylic acids is 1. The lowest BCUT2D eigenvalue weighted by Gasteiger charge is -2.11. The third-order valence-corrected chi connectivity index (χ3v) is 4.61. The second-order valence-electron chi connectivity index (χ2n) is 5.51. The van der Waals surface area contributed by atoms with Crippen molar-refractivity contribution in [3.05, 3.63) is 59.9 Å². The van der Waals surface area contributed by atoms with Gasteiger partial charge in [0, 0.05) is 5.69 Å². The largest absolute Gasteiger partial charge is 0.325 e. The van der Waals surface area contributed by atoms with Crippen molar-refractivity contribution in [2.24, 2.45) is 0 Å². The Morgan fingerprint density at radius 1 is 1.20 bits per heavy atom. The number of carbonyl (C=O) groups is 1. The lowest BCUT2D eigenvalue weighted by molar-refractivity contribution is -0.115. The van der Waals surface area contributed by atoms with Crippen LogP contribution in [0.2, 0.25) is 0 Å². The molecule has 0 spiro atoms. The second kappa shape index (κ2) is 7.48. The molecule has 1 atom stereocenters. The number of hydrogen-bond acceptors (Lipinski definition) is 4. The highest BCUT2D eigenvalue weighted by molar-refractivity contribution is 8.00. The van der Waals surface area contributed by atoms with Crippen molar-refractivity contribution in [1.29, 1.82) is 0 Å².